The molecule has 0 saturated heterocycles. The molecule has 0 aromatic rings. The lowest BCUT2D eigenvalue weighted by Crippen LogP contribution is -2.37. The van der Waals surface area contributed by atoms with Crippen LogP contribution in [-0.4, -0.2) is 81.2 Å². The van der Waals surface area contributed by atoms with Crippen molar-refractivity contribution in [1.82, 2.24) is 0 Å². The molecule has 0 amide bonds. The van der Waals surface area contributed by atoms with Crippen LogP contribution < -0.4 is 4.89 Å². The van der Waals surface area contributed by atoms with E-state index in [-0.39, 0.29) is 26.1 Å². The molecule has 2 unspecified atom stereocenters. The number of likely N-dealkylation sites (N-methyl/N-ethyl adjacent to an activating group) is 1. The second kappa shape index (κ2) is 40.4. The van der Waals surface area contributed by atoms with E-state index in [1.807, 2.05) is 33.3 Å². The fourth-order valence-corrected chi connectivity index (χ4v) is 5.85. The molecule has 0 aromatic heterocycles. The minimum absolute atomic E-state index is 0.0303. The number of quaternary nitrogens is 1. The summed E-state index contributed by atoms with van der Waals surface area (Å²) in [5, 5.41) is 10.3. The van der Waals surface area contributed by atoms with Gasteiger partial charge < -0.3 is 33.0 Å². The van der Waals surface area contributed by atoms with E-state index < -0.39 is 38.6 Å². The van der Waals surface area contributed by atoms with Crippen molar-refractivity contribution in [2.45, 2.75) is 135 Å². The third-order valence-electron chi connectivity index (χ3n) is 8.58. The first-order valence-corrected chi connectivity index (χ1v) is 23.8. The van der Waals surface area contributed by atoms with Crippen LogP contribution in [0.5, 0.6) is 0 Å². The zero-order chi connectivity index (χ0) is 45.1. The molecule has 0 bridgehead atoms. The number of phosphoric ester groups is 1. The molecule has 11 heteroatoms. The van der Waals surface area contributed by atoms with E-state index in [1.54, 1.807) is 12.2 Å². The summed E-state index contributed by atoms with van der Waals surface area (Å²) in [6, 6.07) is 0. The average Bonchev–Trinajstić information content (AvgIpc) is 3.21. The number of nitrogens with zero attached hydrogens (tertiary/aromatic N) is 1. The summed E-state index contributed by atoms with van der Waals surface area (Å²) in [5.74, 6) is -1.09. The third-order valence-corrected chi connectivity index (χ3v) is 9.55. The number of phosphoric acid groups is 1. The average molecular weight is 870 g/mol. The van der Waals surface area contributed by atoms with Crippen molar-refractivity contribution >= 4 is 19.8 Å². The van der Waals surface area contributed by atoms with Gasteiger partial charge in [-0.25, -0.2) is 0 Å². The Hall–Kier alpha value is -3.63. The molecule has 0 saturated carbocycles. The fraction of sp³-hybridized carbons (Fsp3) is 0.560. The summed E-state index contributed by atoms with van der Waals surface area (Å²) in [5.41, 5.74) is 0. The molecule has 0 aliphatic rings. The number of aliphatic hydroxyl groups excluding tert-OH is 1. The molecule has 0 fully saturated rings. The summed E-state index contributed by atoms with van der Waals surface area (Å²) in [6.07, 6.45) is 52.6. The molecule has 61 heavy (non-hydrogen) atoms. The van der Waals surface area contributed by atoms with Crippen LogP contribution >= 0.6 is 7.82 Å². The number of hydrogen-bond donors (Lipinski definition) is 1. The zero-order valence-corrected chi connectivity index (χ0v) is 39.1. The van der Waals surface area contributed by atoms with Crippen molar-refractivity contribution < 1.29 is 47.2 Å². The first-order chi connectivity index (χ1) is 29.4. The Morgan fingerprint density at radius 1 is 0.607 bits per heavy atom. The largest absolute Gasteiger partial charge is 0.756 e. The van der Waals surface area contributed by atoms with Crippen molar-refractivity contribution in [3.05, 3.63) is 122 Å². The van der Waals surface area contributed by atoms with Gasteiger partial charge in [0, 0.05) is 12.8 Å². The van der Waals surface area contributed by atoms with E-state index in [1.165, 1.54) is 0 Å². The Kier molecular flexibility index (Phi) is 38.0. The minimum atomic E-state index is -4.69. The highest BCUT2D eigenvalue weighted by Gasteiger charge is 2.21. The topological polar surface area (TPSA) is 131 Å². The van der Waals surface area contributed by atoms with Crippen molar-refractivity contribution in [2.75, 3.05) is 47.5 Å². The van der Waals surface area contributed by atoms with Crippen molar-refractivity contribution in [2.24, 2.45) is 0 Å². The molecule has 0 heterocycles. The van der Waals surface area contributed by atoms with Crippen LogP contribution in [0.25, 0.3) is 0 Å². The van der Waals surface area contributed by atoms with E-state index in [0.29, 0.717) is 30.3 Å². The maximum atomic E-state index is 12.7. The van der Waals surface area contributed by atoms with E-state index in [4.69, 9.17) is 18.5 Å². The predicted molar refractivity (Wildman–Crippen MR) is 250 cm³/mol. The predicted octanol–water partition coefficient (Wildman–Crippen LogP) is 11.2. The number of hydrogen-bond acceptors (Lipinski definition) is 9. The maximum absolute atomic E-state index is 12.7. The summed E-state index contributed by atoms with van der Waals surface area (Å²) in [6.45, 7) is 3.69. The summed E-state index contributed by atoms with van der Waals surface area (Å²) < 4.78 is 33.7. The van der Waals surface area contributed by atoms with Gasteiger partial charge in [-0.2, -0.15) is 0 Å². The molecule has 3 atom stereocenters. The number of carbonyl (C=O) groups is 2. The normalized spacial score (nSPS) is 15.2. The molecule has 0 spiro atoms. The standard InChI is InChI=1S/C50H80NO9P/c1-6-8-10-12-14-16-18-20-21-22-23-24-25-27-29-31-33-35-37-41-50(54)60-48(46-59-61(55,56)58-44-43-51(3,4)5)45-57-49(53)42-38-40-47(52)39-36-34-32-30-28-26-19-17-15-13-11-9-7-2/h8-11,14-17,20-21,23-24,26-29,32,34,36,39,47-48,52H,6-7,12-13,18-19,22,25,30-31,33,35,37-38,40-46H2,1-5H3/b10-8-,11-9-,16-14-,17-15-,21-20-,24-23-,28-26-,29-27-,34-32-,39-36+/t47?,48-/m1/s1. The van der Waals surface area contributed by atoms with Gasteiger partial charge >= 0.3 is 11.9 Å². The van der Waals surface area contributed by atoms with E-state index in [0.717, 1.165) is 77.0 Å². The highest BCUT2D eigenvalue weighted by molar-refractivity contribution is 7.45. The number of carbonyl (C=O) groups excluding carboxylic acids is 2. The highest BCUT2D eigenvalue weighted by atomic mass is 31.2. The van der Waals surface area contributed by atoms with Gasteiger partial charge in [0.25, 0.3) is 7.82 Å². The van der Waals surface area contributed by atoms with Crippen LogP contribution in [0, 0.1) is 0 Å². The van der Waals surface area contributed by atoms with Gasteiger partial charge in [-0.15, -0.1) is 0 Å². The molecule has 0 aliphatic heterocycles. The monoisotopic (exact) mass is 870 g/mol. The van der Waals surface area contributed by atoms with Crippen molar-refractivity contribution in [3.63, 3.8) is 0 Å². The molecule has 0 radical (unpaired) electrons. The van der Waals surface area contributed by atoms with Gasteiger partial charge in [0.05, 0.1) is 33.9 Å². The molecule has 344 valence electrons. The van der Waals surface area contributed by atoms with Crippen LogP contribution in [0.3, 0.4) is 0 Å². The third kappa shape index (κ3) is 44.2. The first kappa shape index (κ1) is 57.4. The lowest BCUT2D eigenvalue weighted by Gasteiger charge is -2.28. The number of rotatable bonds is 38. The SMILES string of the molecule is CC/C=C\C/C=C\C/C=C\C/C=C\C=C\C(O)CCCC(=O)OC[C@H](COP(=O)([O-])OCC[N+](C)(C)C)OC(=O)CCCCC/C=C\C/C=C\C/C=C\C/C=C\C/C=C\CC. The van der Waals surface area contributed by atoms with Crippen LogP contribution in [0.15, 0.2) is 122 Å². The Bertz CT molecular complexity index is 1460. The van der Waals surface area contributed by atoms with E-state index >= 15 is 0 Å². The Morgan fingerprint density at radius 2 is 1.10 bits per heavy atom. The molecule has 0 rings (SSSR count). The molecular formula is C50H80NO9P. The smallest absolute Gasteiger partial charge is 0.306 e. The number of ether oxygens (including phenoxy) is 2. The van der Waals surface area contributed by atoms with Gasteiger partial charge in [0.2, 0.25) is 0 Å². The fourth-order valence-electron chi connectivity index (χ4n) is 5.12. The zero-order valence-electron chi connectivity index (χ0n) is 38.2. The Balaban J connectivity index is 4.63. The Morgan fingerprint density at radius 3 is 1.62 bits per heavy atom. The highest BCUT2D eigenvalue weighted by Crippen LogP contribution is 2.38. The van der Waals surface area contributed by atoms with Crippen molar-refractivity contribution in [1.29, 1.82) is 0 Å². The minimum Gasteiger partial charge on any atom is -0.756 e. The number of esters is 2. The second-order valence-corrected chi connectivity index (χ2v) is 16.9. The molecule has 1 N–H and O–H groups in total. The maximum Gasteiger partial charge on any atom is 0.306 e. The molecule has 10 nitrogen and oxygen atoms in total. The Labute approximate surface area is 370 Å². The lowest BCUT2D eigenvalue weighted by atomic mass is 10.1. The van der Waals surface area contributed by atoms with Crippen LogP contribution in [0.4, 0.5) is 0 Å². The van der Waals surface area contributed by atoms with Crippen LogP contribution in [0.1, 0.15) is 123 Å². The second-order valence-electron chi connectivity index (χ2n) is 15.5. The van der Waals surface area contributed by atoms with Crippen LogP contribution in [0.2, 0.25) is 0 Å². The van der Waals surface area contributed by atoms with Gasteiger partial charge in [-0.1, -0.05) is 142 Å². The summed E-state index contributed by atoms with van der Waals surface area (Å²) in [7, 11) is 1.01. The first-order valence-electron chi connectivity index (χ1n) is 22.4. The van der Waals surface area contributed by atoms with Gasteiger partial charge in [-0.05, 0) is 89.9 Å². The molecular weight excluding hydrogens is 790 g/mol. The molecule has 0 aliphatic carbocycles. The lowest BCUT2D eigenvalue weighted by molar-refractivity contribution is -0.870. The number of allylic oxidation sites excluding steroid dienone is 19. The van der Waals surface area contributed by atoms with E-state index in [9.17, 15) is 24.2 Å². The summed E-state index contributed by atoms with van der Waals surface area (Å²) >= 11 is 0. The quantitative estimate of drug-likeness (QED) is 0.0161. The molecule has 0 aromatic carbocycles. The van der Waals surface area contributed by atoms with E-state index in [2.05, 4.69) is 111 Å². The van der Waals surface area contributed by atoms with Crippen molar-refractivity contribution in [3.8, 4) is 0 Å². The van der Waals surface area contributed by atoms with Gasteiger partial charge in [-0.3, -0.25) is 14.2 Å². The van der Waals surface area contributed by atoms with Crippen LogP contribution in [-0.2, 0) is 32.7 Å². The number of unbranched alkanes of at least 4 members (excludes halogenated alkanes) is 3. The van der Waals surface area contributed by atoms with Gasteiger partial charge in [0.1, 0.15) is 19.8 Å². The summed E-state index contributed by atoms with van der Waals surface area (Å²) in [4.78, 5) is 37.6. The number of aliphatic hydroxyl groups is 1. The van der Waals surface area contributed by atoms with Gasteiger partial charge in [0.15, 0.2) is 6.10 Å².